The van der Waals surface area contributed by atoms with Crippen LogP contribution in [0.15, 0.2) is 47.4 Å². The first-order valence-corrected chi connectivity index (χ1v) is 10.3. The summed E-state index contributed by atoms with van der Waals surface area (Å²) in [5.74, 6) is -0.0747. The largest absolute Gasteiger partial charge is 0.377 e. The zero-order chi connectivity index (χ0) is 19.6. The standard InChI is InChI=1S/C20H24N2O4S/c1-14-4-9-19(12-15(14)2)27(24,25)21-18-7-5-17(6-8-18)20(23)22-10-11-26-13-16(22)3/h4-9,12,16,21H,10-11,13H2,1-3H3. The summed E-state index contributed by atoms with van der Waals surface area (Å²) in [5.41, 5.74) is 2.89. The highest BCUT2D eigenvalue weighted by Crippen LogP contribution is 2.20. The summed E-state index contributed by atoms with van der Waals surface area (Å²) < 4.78 is 33.1. The van der Waals surface area contributed by atoms with Gasteiger partial charge in [0.15, 0.2) is 0 Å². The van der Waals surface area contributed by atoms with Crippen molar-refractivity contribution in [2.24, 2.45) is 0 Å². The van der Waals surface area contributed by atoms with Crippen LogP contribution in [0.25, 0.3) is 0 Å². The van der Waals surface area contributed by atoms with E-state index < -0.39 is 10.0 Å². The highest BCUT2D eigenvalue weighted by Gasteiger charge is 2.24. The van der Waals surface area contributed by atoms with Gasteiger partial charge in [0, 0.05) is 17.8 Å². The van der Waals surface area contributed by atoms with Gasteiger partial charge >= 0.3 is 0 Å². The van der Waals surface area contributed by atoms with Crippen molar-refractivity contribution in [3.8, 4) is 0 Å². The molecular formula is C20H24N2O4S. The number of hydrogen-bond acceptors (Lipinski definition) is 4. The lowest BCUT2D eigenvalue weighted by molar-refractivity contribution is 0.00359. The number of amides is 1. The number of benzene rings is 2. The molecule has 1 N–H and O–H groups in total. The third-order valence-electron chi connectivity index (χ3n) is 4.80. The van der Waals surface area contributed by atoms with Gasteiger partial charge < -0.3 is 9.64 Å². The first-order chi connectivity index (χ1) is 12.8. The quantitative estimate of drug-likeness (QED) is 0.874. The highest BCUT2D eigenvalue weighted by molar-refractivity contribution is 7.92. The number of rotatable bonds is 4. The Bertz CT molecular complexity index is 939. The maximum absolute atomic E-state index is 12.6. The van der Waals surface area contributed by atoms with E-state index in [0.29, 0.717) is 31.0 Å². The van der Waals surface area contributed by atoms with Crippen LogP contribution in [0, 0.1) is 13.8 Å². The molecule has 1 fully saturated rings. The Morgan fingerprint density at radius 3 is 2.44 bits per heavy atom. The average Bonchev–Trinajstić information content (AvgIpc) is 2.64. The normalized spacial score (nSPS) is 17.6. The number of carbonyl (C=O) groups is 1. The van der Waals surface area contributed by atoms with Crippen LogP contribution in [0.3, 0.4) is 0 Å². The van der Waals surface area contributed by atoms with Gasteiger partial charge in [-0.2, -0.15) is 0 Å². The molecule has 1 aliphatic heterocycles. The molecule has 6 nitrogen and oxygen atoms in total. The predicted octanol–water partition coefficient (Wildman–Crippen LogP) is 2.97. The van der Waals surface area contributed by atoms with Gasteiger partial charge in [-0.05, 0) is 68.3 Å². The Kier molecular flexibility index (Phi) is 5.53. The summed E-state index contributed by atoms with van der Waals surface area (Å²) in [4.78, 5) is 14.6. The van der Waals surface area contributed by atoms with Crippen molar-refractivity contribution >= 4 is 21.6 Å². The van der Waals surface area contributed by atoms with Gasteiger partial charge in [0.2, 0.25) is 0 Å². The molecule has 27 heavy (non-hydrogen) atoms. The first kappa shape index (κ1) is 19.4. The van der Waals surface area contributed by atoms with Crippen molar-refractivity contribution in [2.75, 3.05) is 24.5 Å². The minimum absolute atomic E-state index is 0.0224. The zero-order valence-corrected chi connectivity index (χ0v) is 16.5. The summed E-state index contributed by atoms with van der Waals surface area (Å²) in [6, 6.07) is 11.5. The lowest BCUT2D eigenvalue weighted by atomic mass is 10.1. The van der Waals surface area contributed by atoms with Crippen LogP contribution in [0.1, 0.15) is 28.4 Å². The fourth-order valence-corrected chi connectivity index (χ4v) is 4.11. The van der Waals surface area contributed by atoms with Crippen LogP contribution in [0.5, 0.6) is 0 Å². The van der Waals surface area contributed by atoms with Crippen LogP contribution < -0.4 is 4.72 Å². The SMILES string of the molecule is Cc1ccc(S(=O)(=O)Nc2ccc(C(=O)N3CCOCC3C)cc2)cc1C. The molecule has 3 rings (SSSR count). The van der Waals surface area contributed by atoms with Gasteiger partial charge in [-0.25, -0.2) is 8.42 Å². The summed E-state index contributed by atoms with van der Waals surface area (Å²) in [5, 5.41) is 0. The van der Waals surface area contributed by atoms with E-state index in [4.69, 9.17) is 4.74 Å². The Balaban J connectivity index is 1.75. The molecule has 1 atom stereocenters. The number of sulfonamides is 1. The van der Waals surface area contributed by atoms with Crippen LogP contribution in [-0.2, 0) is 14.8 Å². The fourth-order valence-electron chi connectivity index (χ4n) is 2.97. The smallest absolute Gasteiger partial charge is 0.261 e. The molecule has 7 heteroatoms. The number of carbonyl (C=O) groups excluding carboxylic acids is 1. The molecule has 0 spiro atoms. The fraction of sp³-hybridized carbons (Fsp3) is 0.350. The lowest BCUT2D eigenvalue weighted by Gasteiger charge is -2.33. The monoisotopic (exact) mass is 388 g/mol. The number of anilines is 1. The average molecular weight is 388 g/mol. The number of ether oxygens (including phenoxy) is 1. The summed E-state index contributed by atoms with van der Waals surface area (Å²) in [7, 11) is -3.68. The first-order valence-electron chi connectivity index (χ1n) is 8.87. The second-order valence-corrected chi connectivity index (χ2v) is 8.53. The van der Waals surface area contributed by atoms with Crippen LogP contribution in [0.4, 0.5) is 5.69 Å². The molecule has 0 radical (unpaired) electrons. The second-order valence-electron chi connectivity index (χ2n) is 6.85. The van der Waals surface area contributed by atoms with Gasteiger partial charge in [0.25, 0.3) is 15.9 Å². The topological polar surface area (TPSA) is 75.7 Å². The van der Waals surface area contributed by atoms with Crippen molar-refractivity contribution in [2.45, 2.75) is 31.7 Å². The van der Waals surface area contributed by atoms with Crippen molar-refractivity contribution in [3.05, 3.63) is 59.2 Å². The molecule has 1 unspecified atom stereocenters. The third kappa shape index (κ3) is 4.31. The molecule has 1 amide bonds. The van der Waals surface area contributed by atoms with Crippen molar-refractivity contribution in [1.29, 1.82) is 0 Å². The Morgan fingerprint density at radius 2 is 1.81 bits per heavy atom. The Morgan fingerprint density at radius 1 is 1.11 bits per heavy atom. The van der Waals surface area contributed by atoms with Gasteiger partial charge in [-0.15, -0.1) is 0 Å². The van der Waals surface area contributed by atoms with Gasteiger partial charge in [-0.1, -0.05) is 6.07 Å². The van der Waals surface area contributed by atoms with E-state index in [1.54, 1.807) is 47.4 Å². The Hall–Kier alpha value is -2.38. The molecule has 2 aromatic rings. The maximum Gasteiger partial charge on any atom is 0.261 e. The second kappa shape index (κ2) is 7.70. The van der Waals surface area contributed by atoms with Crippen LogP contribution >= 0.6 is 0 Å². The lowest BCUT2D eigenvalue weighted by Crippen LogP contribution is -2.47. The highest BCUT2D eigenvalue weighted by atomic mass is 32.2. The Labute approximate surface area is 160 Å². The van der Waals surface area contributed by atoms with Gasteiger partial charge in [0.05, 0.1) is 24.2 Å². The van der Waals surface area contributed by atoms with E-state index in [-0.39, 0.29) is 16.8 Å². The van der Waals surface area contributed by atoms with Crippen molar-refractivity contribution in [1.82, 2.24) is 4.90 Å². The number of nitrogens with one attached hydrogen (secondary N) is 1. The maximum atomic E-state index is 12.6. The van der Waals surface area contributed by atoms with E-state index in [9.17, 15) is 13.2 Å². The predicted molar refractivity (Wildman–Crippen MR) is 104 cm³/mol. The zero-order valence-electron chi connectivity index (χ0n) is 15.7. The molecule has 0 bridgehead atoms. The number of hydrogen-bond donors (Lipinski definition) is 1. The van der Waals surface area contributed by atoms with Crippen LogP contribution in [-0.4, -0.2) is 45.0 Å². The molecule has 0 aromatic heterocycles. The van der Waals surface area contributed by atoms with E-state index in [2.05, 4.69) is 4.72 Å². The molecule has 1 aliphatic rings. The van der Waals surface area contributed by atoms with Gasteiger partial charge in [0.1, 0.15) is 0 Å². The summed E-state index contributed by atoms with van der Waals surface area (Å²) >= 11 is 0. The summed E-state index contributed by atoms with van der Waals surface area (Å²) in [6.45, 7) is 7.37. The molecule has 1 saturated heterocycles. The molecule has 0 saturated carbocycles. The van der Waals surface area contributed by atoms with E-state index >= 15 is 0 Å². The molecule has 0 aliphatic carbocycles. The van der Waals surface area contributed by atoms with Crippen LogP contribution in [0.2, 0.25) is 0 Å². The van der Waals surface area contributed by atoms with Crippen molar-refractivity contribution in [3.63, 3.8) is 0 Å². The number of nitrogens with zero attached hydrogens (tertiary/aromatic N) is 1. The number of aryl methyl sites for hydroxylation is 2. The third-order valence-corrected chi connectivity index (χ3v) is 6.18. The minimum Gasteiger partial charge on any atom is -0.377 e. The molecular weight excluding hydrogens is 364 g/mol. The minimum atomic E-state index is -3.68. The molecule has 1 heterocycles. The van der Waals surface area contributed by atoms with E-state index in [1.165, 1.54) is 0 Å². The molecule has 2 aromatic carbocycles. The molecule has 144 valence electrons. The summed E-state index contributed by atoms with van der Waals surface area (Å²) in [6.07, 6.45) is 0. The van der Waals surface area contributed by atoms with Crippen molar-refractivity contribution < 1.29 is 17.9 Å². The van der Waals surface area contributed by atoms with E-state index in [0.717, 1.165) is 11.1 Å². The van der Waals surface area contributed by atoms with Gasteiger partial charge in [-0.3, -0.25) is 9.52 Å². The van der Waals surface area contributed by atoms with E-state index in [1.807, 2.05) is 20.8 Å². The number of morpholine rings is 1.